The molecule has 3 heterocycles. The van der Waals surface area contributed by atoms with Crippen LogP contribution in [0.4, 0.5) is 11.4 Å². The van der Waals surface area contributed by atoms with Gasteiger partial charge in [-0.2, -0.15) is 0 Å². The summed E-state index contributed by atoms with van der Waals surface area (Å²) in [5.74, 6) is 1.74. The molecule has 3 aliphatic rings. The highest BCUT2D eigenvalue weighted by Crippen LogP contribution is 2.50. The normalized spacial score (nSPS) is 20.9. The fourth-order valence-electron chi connectivity index (χ4n) is 6.67. The number of ether oxygens (including phenoxy) is 2. The number of anilines is 1. The average molecular weight is 714 g/mol. The van der Waals surface area contributed by atoms with E-state index in [1.807, 2.05) is 18.2 Å². The summed E-state index contributed by atoms with van der Waals surface area (Å²) in [4.78, 5) is 21.3. The van der Waals surface area contributed by atoms with Crippen molar-refractivity contribution in [3.05, 3.63) is 121 Å². The number of methoxy groups -OCH3 is 2. The van der Waals surface area contributed by atoms with Crippen LogP contribution < -0.4 is 19.7 Å². The standard InChI is InChI=1S/C36H32IN3O3S/c1-42-31-18-22(17-30(37)34(31)43-2)19-32-35(41)39-36(44-32)38-25-20-28-26(23-9-5-3-6-10-23)13-15-40-16-14-27(29(21-25)33(28)40)24-11-7-4-8-12-24/h3-12,17-21,26-27H,13-16H2,1-2H3,(H,38,39,41)/b32-19-/t26-,27+. The molecule has 4 aromatic carbocycles. The van der Waals surface area contributed by atoms with E-state index in [1.165, 1.54) is 39.7 Å². The van der Waals surface area contributed by atoms with Crippen molar-refractivity contribution in [1.82, 2.24) is 5.32 Å². The Morgan fingerprint density at radius 1 is 0.886 bits per heavy atom. The van der Waals surface area contributed by atoms with Crippen LogP contribution in [0.2, 0.25) is 0 Å². The molecule has 7 rings (SSSR count). The molecule has 222 valence electrons. The Bertz CT molecular complexity index is 1720. The van der Waals surface area contributed by atoms with Gasteiger partial charge in [0, 0.05) is 30.6 Å². The van der Waals surface area contributed by atoms with E-state index in [-0.39, 0.29) is 5.91 Å². The Kier molecular flexibility index (Phi) is 8.12. The lowest BCUT2D eigenvalue weighted by Gasteiger charge is -2.43. The number of nitrogens with one attached hydrogen (secondary N) is 1. The maximum atomic E-state index is 13.1. The smallest absolute Gasteiger partial charge is 0.264 e. The summed E-state index contributed by atoms with van der Waals surface area (Å²) in [6.07, 6.45) is 4.00. The SMILES string of the molecule is COc1cc(/C=C2\SC(=Nc3cc4c5c(c3)[C@H](c3ccccc3)CCN5CC[C@@H]4c3ccccc3)NC2=O)cc(I)c1OC. The fraction of sp³-hybridized carbons (Fsp3) is 0.222. The molecule has 1 amide bonds. The van der Waals surface area contributed by atoms with Crippen molar-refractivity contribution in [3.8, 4) is 11.5 Å². The number of halogens is 1. The zero-order chi connectivity index (χ0) is 30.2. The van der Waals surface area contributed by atoms with Gasteiger partial charge in [-0.1, -0.05) is 60.7 Å². The first-order valence-corrected chi connectivity index (χ1v) is 16.7. The number of rotatable bonds is 6. The van der Waals surface area contributed by atoms with Crippen LogP contribution in [-0.2, 0) is 4.79 Å². The lowest BCUT2D eigenvalue weighted by atomic mass is 9.76. The molecule has 0 aromatic heterocycles. The maximum absolute atomic E-state index is 13.1. The Hall–Kier alpha value is -3.76. The van der Waals surface area contributed by atoms with Gasteiger partial charge in [0.15, 0.2) is 16.7 Å². The molecule has 2 atom stereocenters. The minimum absolute atomic E-state index is 0.159. The van der Waals surface area contributed by atoms with E-state index in [4.69, 9.17) is 14.5 Å². The fourth-order valence-corrected chi connectivity index (χ4v) is 8.36. The second kappa shape index (κ2) is 12.3. The number of benzene rings is 4. The first-order chi connectivity index (χ1) is 21.5. The van der Waals surface area contributed by atoms with E-state index in [2.05, 4.69) is 106 Å². The van der Waals surface area contributed by atoms with Crippen LogP contribution in [0.15, 0.2) is 94.8 Å². The average Bonchev–Trinajstić information content (AvgIpc) is 3.39. The summed E-state index contributed by atoms with van der Waals surface area (Å²) in [5.41, 5.74) is 8.41. The van der Waals surface area contributed by atoms with Crippen LogP contribution in [0, 0.1) is 3.57 Å². The molecule has 0 bridgehead atoms. The third kappa shape index (κ3) is 5.49. The summed E-state index contributed by atoms with van der Waals surface area (Å²) >= 11 is 3.58. The van der Waals surface area contributed by atoms with E-state index >= 15 is 0 Å². The minimum atomic E-state index is -0.159. The Morgan fingerprint density at radius 2 is 1.50 bits per heavy atom. The molecule has 0 spiro atoms. The van der Waals surface area contributed by atoms with E-state index < -0.39 is 0 Å². The van der Waals surface area contributed by atoms with Crippen molar-refractivity contribution in [3.63, 3.8) is 0 Å². The highest BCUT2D eigenvalue weighted by Gasteiger charge is 2.35. The number of amides is 1. The molecule has 44 heavy (non-hydrogen) atoms. The van der Waals surface area contributed by atoms with Crippen molar-refractivity contribution in [2.45, 2.75) is 24.7 Å². The van der Waals surface area contributed by atoms with Crippen molar-refractivity contribution in [2.75, 3.05) is 32.2 Å². The third-order valence-electron chi connectivity index (χ3n) is 8.64. The van der Waals surface area contributed by atoms with Crippen molar-refractivity contribution >= 4 is 62.9 Å². The van der Waals surface area contributed by atoms with Gasteiger partial charge in [-0.15, -0.1) is 0 Å². The van der Waals surface area contributed by atoms with Crippen molar-refractivity contribution < 1.29 is 14.3 Å². The highest BCUT2D eigenvalue weighted by molar-refractivity contribution is 14.1. The second-order valence-corrected chi connectivity index (χ2v) is 13.4. The Balaban J connectivity index is 1.29. The Morgan fingerprint density at radius 3 is 2.07 bits per heavy atom. The number of thioether (sulfide) groups is 1. The molecule has 1 saturated heterocycles. The highest BCUT2D eigenvalue weighted by atomic mass is 127. The molecule has 1 N–H and O–H groups in total. The van der Waals surface area contributed by atoms with Crippen LogP contribution in [0.25, 0.3) is 6.08 Å². The lowest BCUT2D eigenvalue weighted by Crippen LogP contribution is -2.37. The van der Waals surface area contributed by atoms with E-state index in [9.17, 15) is 4.79 Å². The van der Waals surface area contributed by atoms with Gasteiger partial charge < -0.3 is 19.7 Å². The largest absolute Gasteiger partial charge is 0.493 e. The van der Waals surface area contributed by atoms with Crippen molar-refractivity contribution in [1.29, 1.82) is 0 Å². The summed E-state index contributed by atoms with van der Waals surface area (Å²) < 4.78 is 11.9. The number of hydrogen-bond acceptors (Lipinski definition) is 6. The van der Waals surface area contributed by atoms with E-state index in [0.717, 1.165) is 40.8 Å². The molecule has 6 nitrogen and oxygen atoms in total. The van der Waals surface area contributed by atoms with Gasteiger partial charge in [0.1, 0.15) is 0 Å². The number of aliphatic imine (C=N–C) groups is 1. The zero-order valence-corrected chi connectivity index (χ0v) is 27.5. The molecule has 1 fully saturated rings. The molecule has 0 saturated carbocycles. The number of hydrogen-bond donors (Lipinski definition) is 1. The number of carbonyl (C=O) groups is 1. The molecule has 0 aliphatic carbocycles. The minimum Gasteiger partial charge on any atom is -0.493 e. The molecule has 3 aliphatic heterocycles. The summed E-state index contributed by atoms with van der Waals surface area (Å²) in [6.45, 7) is 2.09. The van der Waals surface area contributed by atoms with E-state index in [1.54, 1.807) is 14.2 Å². The molecular weight excluding hydrogens is 681 g/mol. The number of amidine groups is 1. The van der Waals surface area contributed by atoms with Gasteiger partial charge >= 0.3 is 0 Å². The van der Waals surface area contributed by atoms with Gasteiger partial charge in [-0.3, -0.25) is 4.79 Å². The van der Waals surface area contributed by atoms with Crippen LogP contribution in [0.5, 0.6) is 11.5 Å². The number of carbonyl (C=O) groups excluding carboxylic acids is 1. The predicted molar refractivity (Wildman–Crippen MR) is 188 cm³/mol. The summed E-state index contributed by atoms with van der Waals surface area (Å²) in [7, 11) is 3.24. The summed E-state index contributed by atoms with van der Waals surface area (Å²) in [6, 6.07) is 30.0. The lowest BCUT2D eigenvalue weighted by molar-refractivity contribution is -0.115. The Labute approximate surface area is 275 Å². The molecule has 0 unspecified atom stereocenters. The van der Waals surface area contributed by atoms with Crippen LogP contribution >= 0.6 is 34.4 Å². The molecular formula is C36H32IN3O3S. The van der Waals surface area contributed by atoms with Crippen molar-refractivity contribution in [2.24, 2.45) is 4.99 Å². The first-order valence-electron chi connectivity index (χ1n) is 14.8. The molecule has 0 radical (unpaired) electrons. The third-order valence-corrected chi connectivity index (χ3v) is 10.3. The van der Waals surface area contributed by atoms with Crippen LogP contribution in [-0.4, -0.2) is 38.4 Å². The van der Waals surface area contributed by atoms with Crippen LogP contribution in [0.1, 0.15) is 52.5 Å². The van der Waals surface area contributed by atoms with Gasteiger partial charge in [0.2, 0.25) is 0 Å². The number of nitrogens with zero attached hydrogens (tertiary/aromatic N) is 2. The summed E-state index contributed by atoms with van der Waals surface area (Å²) in [5, 5.41) is 3.59. The molecule has 4 aromatic rings. The van der Waals surface area contributed by atoms with Gasteiger partial charge in [-0.05, 0) is 105 Å². The predicted octanol–water partition coefficient (Wildman–Crippen LogP) is 8.08. The second-order valence-electron chi connectivity index (χ2n) is 11.2. The quantitative estimate of drug-likeness (QED) is 0.162. The van der Waals surface area contributed by atoms with Gasteiger partial charge in [0.05, 0.1) is 28.4 Å². The monoisotopic (exact) mass is 713 g/mol. The topological polar surface area (TPSA) is 63.2 Å². The van der Waals surface area contributed by atoms with Crippen LogP contribution in [0.3, 0.4) is 0 Å². The maximum Gasteiger partial charge on any atom is 0.264 e. The molecule has 8 heteroatoms. The van der Waals surface area contributed by atoms with E-state index in [0.29, 0.717) is 33.4 Å². The van der Waals surface area contributed by atoms with Gasteiger partial charge in [0.25, 0.3) is 5.91 Å². The first kappa shape index (κ1) is 29.0. The zero-order valence-electron chi connectivity index (χ0n) is 24.5. The van der Waals surface area contributed by atoms with Gasteiger partial charge in [-0.25, -0.2) is 4.99 Å².